The Morgan fingerprint density at radius 1 is 0.541 bits per heavy atom. The van der Waals surface area contributed by atoms with Crippen LogP contribution in [-0.4, -0.2) is 187 Å². The third-order valence-corrected chi connectivity index (χ3v) is 24.1. The van der Waals surface area contributed by atoms with Gasteiger partial charge in [-0.3, -0.25) is 57.0 Å². The lowest BCUT2D eigenvalue weighted by Gasteiger charge is -2.43. The number of alkyl halides is 1. The summed E-state index contributed by atoms with van der Waals surface area (Å²) in [5.74, 6) is -1.79. The molecule has 10 atom stereocenters. The van der Waals surface area contributed by atoms with Gasteiger partial charge in [0.2, 0.25) is 11.8 Å². The van der Waals surface area contributed by atoms with Crippen molar-refractivity contribution in [2.24, 2.45) is 58.9 Å². The Bertz CT molecular complexity index is 5300. The second-order valence-corrected chi connectivity index (χ2v) is 33.2. The van der Waals surface area contributed by atoms with E-state index in [4.69, 9.17) is 40.4 Å². The number of aryl methyl sites for hydroxylation is 5. The number of fused-ring (bicyclic) bond motifs is 4. The summed E-state index contributed by atoms with van der Waals surface area (Å²) in [7, 11) is 12.0. The van der Waals surface area contributed by atoms with E-state index >= 15 is 0 Å². The number of carbonyl (C=O) groups is 7. The number of aliphatic hydroxyl groups is 1. The van der Waals surface area contributed by atoms with Gasteiger partial charge in [-0.1, -0.05) is 120 Å². The number of aromatic nitrogens is 15. The van der Waals surface area contributed by atoms with Crippen LogP contribution in [0.2, 0.25) is 0 Å². The number of hydrogen-bond acceptors (Lipinski definition) is 23. The van der Waals surface area contributed by atoms with Gasteiger partial charge >= 0.3 is 11.9 Å². The average Bonchev–Trinajstić information content (AvgIpc) is 1.31. The van der Waals surface area contributed by atoms with Gasteiger partial charge < -0.3 is 53.5 Å². The van der Waals surface area contributed by atoms with Crippen molar-refractivity contribution in [2.75, 3.05) is 40.4 Å². The van der Waals surface area contributed by atoms with E-state index in [-0.39, 0.29) is 61.1 Å². The van der Waals surface area contributed by atoms with Crippen LogP contribution >= 0.6 is 55.9 Å². The molecule has 6 aliphatic rings. The number of amides is 4. The highest BCUT2D eigenvalue weighted by molar-refractivity contribution is 9.10. The first-order chi connectivity index (χ1) is 58.1. The number of nitrogens with zero attached hydrogens (tertiary/aromatic N) is 19. The second-order valence-electron chi connectivity index (χ2n) is 30.8. The number of ether oxygens (including phenoxy) is 5. The second kappa shape index (κ2) is 41.7. The summed E-state index contributed by atoms with van der Waals surface area (Å²) in [5, 5.41) is 57.3. The minimum Gasteiger partial charge on any atom is -0.497 e. The van der Waals surface area contributed by atoms with Crippen molar-refractivity contribution in [1.29, 1.82) is 0 Å². The van der Waals surface area contributed by atoms with Gasteiger partial charge in [0.25, 0.3) is 11.8 Å². The van der Waals surface area contributed by atoms with Gasteiger partial charge in [0.15, 0.2) is 6.29 Å². The van der Waals surface area contributed by atoms with Gasteiger partial charge in [0.05, 0.1) is 86.2 Å². The molecule has 4 unspecified atom stereocenters. The molecule has 10 aromatic rings. The van der Waals surface area contributed by atoms with Gasteiger partial charge in [0.1, 0.15) is 70.3 Å². The van der Waals surface area contributed by atoms with E-state index in [1.807, 2.05) is 128 Å². The fourth-order valence-electron chi connectivity index (χ4n) is 16.2. The fourth-order valence-corrected chi connectivity index (χ4v) is 17.4. The number of aliphatic carboxylic acids is 1. The molecule has 122 heavy (non-hydrogen) atoms. The van der Waals surface area contributed by atoms with Crippen molar-refractivity contribution < 1.29 is 67.5 Å². The highest BCUT2D eigenvalue weighted by Gasteiger charge is 2.47. The zero-order valence-electron chi connectivity index (χ0n) is 69.8. The molecule has 2 fully saturated rings. The highest BCUT2D eigenvalue weighted by atomic mass is 79.9. The number of aliphatic hydroxyl groups excluding tert-OH is 1. The lowest BCUT2D eigenvalue weighted by molar-refractivity contribution is -0.159. The Hall–Kier alpha value is -11.0. The smallest absolute Gasteiger partial charge is 0.310 e. The molecule has 33 nitrogen and oxygen atoms in total. The van der Waals surface area contributed by atoms with E-state index in [0.29, 0.717) is 133 Å². The number of methoxy groups -OCH3 is 2. The van der Waals surface area contributed by atoms with E-state index in [2.05, 4.69) is 83.4 Å². The Kier molecular flexibility index (Phi) is 31.4. The predicted octanol–water partition coefficient (Wildman–Crippen LogP) is 12.1. The van der Waals surface area contributed by atoms with Crippen molar-refractivity contribution in [1.82, 2.24) is 94.6 Å². The van der Waals surface area contributed by atoms with Gasteiger partial charge in [-0.05, 0) is 137 Å². The number of aldehydes is 1. The number of carboxylic acids is 1. The lowest BCUT2D eigenvalue weighted by atomic mass is 9.77. The molecule has 2 saturated carbocycles. The van der Waals surface area contributed by atoms with Crippen LogP contribution < -0.4 is 18.9 Å². The van der Waals surface area contributed by atoms with Crippen molar-refractivity contribution in [2.45, 2.75) is 147 Å². The Morgan fingerprint density at radius 2 is 0.967 bits per heavy atom. The molecule has 2 aliphatic carbocycles. The number of halogens is 4. The Labute approximate surface area is 734 Å². The highest BCUT2D eigenvalue weighted by Crippen LogP contribution is 2.48. The van der Waals surface area contributed by atoms with Crippen LogP contribution in [0.4, 0.5) is 0 Å². The number of carbonyl (C=O) groups excluding carboxylic acids is 6. The Morgan fingerprint density at radius 3 is 1.34 bits per heavy atom. The summed E-state index contributed by atoms with van der Waals surface area (Å²) in [4.78, 5) is 99.7. The van der Waals surface area contributed by atoms with Crippen molar-refractivity contribution in [3.63, 3.8) is 0 Å². The van der Waals surface area contributed by atoms with Gasteiger partial charge in [-0.25, -0.2) is 0 Å². The monoisotopic (exact) mass is 1840 g/mol. The van der Waals surface area contributed by atoms with Crippen molar-refractivity contribution in [3.05, 3.63) is 209 Å². The molecule has 5 aromatic carbocycles. The molecule has 2 N–H and O–H groups in total. The molecule has 9 heterocycles. The van der Waals surface area contributed by atoms with Crippen molar-refractivity contribution >= 4 is 97.7 Å². The third-order valence-electron chi connectivity index (χ3n) is 22.4. The third kappa shape index (κ3) is 21.7. The normalized spacial score (nSPS) is 19.0. The molecule has 4 amide bonds. The van der Waals surface area contributed by atoms with E-state index < -0.39 is 66.0 Å². The van der Waals surface area contributed by atoms with Crippen LogP contribution in [0.25, 0.3) is 0 Å². The number of rotatable bonds is 21. The minimum atomic E-state index is -0.920. The van der Waals surface area contributed by atoms with E-state index in [1.54, 1.807) is 110 Å². The summed E-state index contributed by atoms with van der Waals surface area (Å²) in [6, 6.07) is 27.2. The van der Waals surface area contributed by atoms with Gasteiger partial charge in [-0.15, -0.1) is 49.5 Å². The standard InChI is InChI=1S/C40H44BrN5O7.C31H34BrN5O5.C5H8ClN3.C5H9N3O.C4H5N3O.ClH/c1-24(33-21-44(2)43-42-33)53-35-16-15-32(41)31-17-18-46(34(37(31)35)22-45-20-25-9-5-6-10-28(25)38(45)47)39(48)29-11-7-8-12-30(29)40(49)52-23-26-13-14-27(50-3)19-36(26)51-4;1-18(25-16-35(2)34-33-25)42-27-12-11-24(32)23-13-14-37(30(39)21-9-5-6-10-22(21)31(40)41)26(28(23)27)17-36-15-19-7-3-4-8-20(19)29(36)38;1-4(6)5-3-9(2)8-7-5;1-4(9)5-3-8(2)7-6-5;1-7-2-4(3-8)5-6-7;/h5-6,9-10,13-16,19,21,24,29-30,34H,7-8,11-12,17-18,20,22-23H2,1-4H3;3-4,7-8,11-12,16,18,21-22,26H,5-6,9-10,13-15,17H2,1-2H3,(H,40,41);3-4H,1-2H3;3-4,9H,1-2H3;2-3H,1H3;1H/t24?,29-,30+,34-;18?,21-,22+,26-;;;;/m11..../s1. The number of hydrogen-bond donors (Lipinski definition) is 2. The van der Waals surface area contributed by atoms with E-state index in [0.717, 1.165) is 73.7 Å². The van der Waals surface area contributed by atoms with Crippen LogP contribution in [-0.2, 0) is 91.7 Å². The molecule has 0 radical (unpaired) electrons. The van der Waals surface area contributed by atoms with Crippen LogP contribution in [0, 0.1) is 23.7 Å². The summed E-state index contributed by atoms with van der Waals surface area (Å²) >= 11 is 13.2. The largest absolute Gasteiger partial charge is 0.497 e. The topological polar surface area (TPSA) is 373 Å². The Balaban J connectivity index is 0.000000184. The van der Waals surface area contributed by atoms with Crippen LogP contribution in [0.5, 0.6) is 23.0 Å². The quantitative estimate of drug-likeness (QED) is 0.0383. The first-order valence-electron chi connectivity index (χ1n) is 40.1. The molecule has 0 saturated heterocycles. The number of carboxylic acid groups (broad SMARTS) is 1. The SMILES string of the molecule is CC(Cl)c1cn(C)nn1.CC(O)c1cn(C)nn1.CC(Oc1ccc(Br)c2c1[C@@H](CN1Cc3ccccc3C1=O)N(C(=O)[C@@H]1CCCC[C@@H]1C(=O)O)CC2)c1cn(C)nn1.COc1ccc(COC(=O)[C@H]2CCCC[C@H]2C(=O)N2CCc3c(Br)ccc(OC(C)c4cn(C)nn4)c3[C@H]2CN2Cc3ccccc3C2=O)c(OC)c1.Cl.Cn1cc(C=O)nn1. The van der Waals surface area contributed by atoms with E-state index in [9.17, 15) is 38.7 Å². The maximum Gasteiger partial charge on any atom is 0.310 e. The molecule has 0 spiro atoms. The van der Waals surface area contributed by atoms with Gasteiger partial charge in [0, 0.05) is 124 Å². The first-order valence-corrected chi connectivity index (χ1v) is 42.1. The maximum atomic E-state index is 15.0. The fraction of sp³-hybridized carbons (Fsp3) is 0.447. The molecular formula is C85H101Br2Cl2N19O14. The van der Waals surface area contributed by atoms with Gasteiger partial charge in [-0.2, -0.15) is 0 Å². The number of benzene rings is 5. The zero-order valence-corrected chi connectivity index (χ0v) is 74.5. The molecule has 16 rings (SSSR count). The van der Waals surface area contributed by atoms with Crippen LogP contribution in [0.3, 0.4) is 0 Å². The minimum absolute atomic E-state index is 0. The van der Waals surface area contributed by atoms with E-state index in [1.165, 1.54) is 4.68 Å². The molecule has 4 aliphatic heterocycles. The molecule has 37 heteroatoms. The summed E-state index contributed by atoms with van der Waals surface area (Å²) in [6.45, 7) is 9.62. The first kappa shape index (κ1) is 91.7. The molecule has 0 bridgehead atoms. The van der Waals surface area contributed by atoms with Crippen molar-refractivity contribution in [3.8, 4) is 23.0 Å². The molecule has 648 valence electrons. The van der Waals surface area contributed by atoms with Crippen LogP contribution in [0.15, 0.2) is 131 Å². The molecular weight excluding hydrogens is 1740 g/mol. The maximum absolute atomic E-state index is 15.0. The van der Waals surface area contributed by atoms with Crippen LogP contribution in [0.1, 0.15) is 208 Å². The zero-order chi connectivity index (χ0) is 86.5. The number of esters is 1. The summed E-state index contributed by atoms with van der Waals surface area (Å²) < 4.78 is 39.6. The summed E-state index contributed by atoms with van der Waals surface area (Å²) in [5.41, 5.74) is 10.8. The lowest BCUT2D eigenvalue weighted by Crippen LogP contribution is -2.50. The predicted molar refractivity (Wildman–Crippen MR) is 455 cm³/mol. The average molecular weight is 1840 g/mol. The summed E-state index contributed by atoms with van der Waals surface area (Å²) in [6.07, 6.45) is 14.6. The molecule has 5 aromatic heterocycles.